The highest BCUT2D eigenvalue weighted by atomic mass is 16.5. The van der Waals surface area contributed by atoms with E-state index in [1.165, 1.54) is 0 Å². The zero-order chi connectivity index (χ0) is 18.2. The van der Waals surface area contributed by atoms with Crippen LogP contribution in [0, 0.1) is 0 Å². The van der Waals surface area contributed by atoms with Crippen LogP contribution in [0.2, 0.25) is 0 Å². The van der Waals surface area contributed by atoms with Gasteiger partial charge in [0.05, 0.1) is 18.0 Å². The average molecular weight is 350 g/mol. The number of aryl methyl sites for hydroxylation is 1. The number of guanidine groups is 1. The summed E-state index contributed by atoms with van der Waals surface area (Å²) in [6.45, 7) is 9.95. The molecule has 1 aromatic heterocycles. The minimum atomic E-state index is 0.0630. The van der Waals surface area contributed by atoms with E-state index in [0.29, 0.717) is 26.2 Å². The lowest BCUT2D eigenvalue weighted by molar-refractivity contribution is -0.120. The maximum absolute atomic E-state index is 12.5. The molecule has 0 spiro atoms. The fourth-order valence-electron chi connectivity index (χ4n) is 2.67. The molecule has 0 unspecified atom stereocenters. The molecule has 0 atom stereocenters. The SMILES string of the molecule is CCNC(=NCCCOC(C)C)N1CCN(c2cnn(C)c2)C(=O)C1. The molecule has 1 aliphatic rings. The first-order valence-electron chi connectivity index (χ1n) is 8.95. The van der Waals surface area contributed by atoms with E-state index in [1.807, 2.05) is 38.9 Å². The van der Waals surface area contributed by atoms with Gasteiger partial charge < -0.3 is 19.9 Å². The van der Waals surface area contributed by atoms with E-state index in [-0.39, 0.29) is 12.0 Å². The van der Waals surface area contributed by atoms with E-state index in [1.54, 1.807) is 15.8 Å². The van der Waals surface area contributed by atoms with Crippen LogP contribution in [0.4, 0.5) is 5.69 Å². The molecular formula is C17H30N6O2. The minimum absolute atomic E-state index is 0.0630. The van der Waals surface area contributed by atoms with Crippen molar-refractivity contribution in [2.45, 2.75) is 33.3 Å². The molecule has 0 aromatic carbocycles. The van der Waals surface area contributed by atoms with Gasteiger partial charge >= 0.3 is 0 Å². The highest BCUT2D eigenvalue weighted by molar-refractivity contribution is 5.98. The molecule has 2 heterocycles. The molecule has 0 saturated carbocycles. The fourth-order valence-corrected chi connectivity index (χ4v) is 2.67. The van der Waals surface area contributed by atoms with Gasteiger partial charge in [0.15, 0.2) is 5.96 Å². The summed E-state index contributed by atoms with van der Waals surface area (Å²) >= 11 is 0. The summed E-state index contributed by atoms with van der Waals surface area (Å²) in [5.74, 6) is 0.860. The summed E-state index contributed by atoms with van der Waals surface area (Å²) in [4.78, 5) is 21.0. The molecule has 0 aliphatic carbocycles. The van der Waals surface area contributed by atoms with Crippen LogP contribution < -0.4 is 10.2 Å². The van der Waals surface area contributed by atoms with Gasteiger partial charge in [-0.15, -0.1) is 0 Å². The third kappa shape index (κ3) is 5.74. The Hall–Kier alpha value is -2.09. The average Bonchev–Trinajstić information content (AvgIpc) is 2.99. The molecule has 0 bridgehead atoms. The van der Waals surface area contributed by atoms with Gasteiger partial charge in [-0.1, -0.05) is 0 Å². The van der Waals surface area contributed by atoms with E-state index < -0.39 is 0 Å². The summed E-state index contributed by atoms with van der Waals surface area (Å²) in [6, 6.07) is 0. The quantitative estimate of drug-likeness (QED) is 0.448. The minimum Gasteiger partial charge on any atom is -0.379 e. The Balaban J connectivity index is 1.90. The van der Waals surface area contributed by atoms with E-state index >= 15 is 0 Å². The molecule has 1 aromatic rings. The zero-order valence-corrected chi connectivity index (χ0v) is 15.7. The number of aliphatic imine (C=N–C) groups is 1. The van der Waals surface area contributed by atoms with E-state index in [4.69, 9.17) is 4.74 Å². The molecule has 140 valence electrons. The van der Waals surface area contributed by atoms with Gasteiger partial charge in [0, 0.05) is 46.0 Å². The number of carbonyl (C=O) groups is 1. The number of nitrogens with one attached hydrogen (secondary N) is 1. The van der Waals surface area contributed by atoms with E-state index in [2.05, 4.69) is 15.4 Å². The molecular weight excluding hydrogens is 320 g/mol. The first-order valence-corrected chi connectivity index (χ1v) is 8.95. The van der Waals surface area contributed by atoms with E-state index in [9.17, 15) is 4.79 Å². The molecule has 1 aliphatic heterocycles. The largest absolute Gasteiger partial charge is 0.379 e. The second-order valence-electron chi connectivity index (χ2n) is 6.35. The summed E-state index contributed by atoms with van der Waals surface area (Å²) in [6.07, 6.45) is 4.70. The summed E-state index contributed by atoms with van der Waals surface area (Å²) in [7, 11) is 1.85. The van der Waals surface area contributed by atoms with Crippen molar-refractivity contribution in [2.75, 3.05) is 44.2 Å². The zero-order valence-electron chi connectivity index (χ0n) is 15.7. The Labute approximate surface area is 149 Å². The lowest BCUT2D eigenvalue weighted by Crippen LogP contribution is -2.55. The van der Waals surface area contributed by atoms with Crippen LogP contribution >= 0.6 is 0 Å². The first-order chi connectivity index (χ1) is 12.0. The number of rotatable bonds is 7. The summed E-state index contributed by atoms with van der Waals surface area (Å²) < 4.78 is 7.25. The highest BCUT2D eigenvalue weighted by Crippen LogP contribution is 2.16. The van der Waals surface area contributed by atoms with Gasteiger partial charge in [-0.25, -0.2) is 0 Å². The molecule has 2 rings (SSSR count). The van der Waals surface area contributed by atoms with Crippen molar-refractivity contribution in [3.05, 3.63) is 12.4 Å². The van der Waals surface area contributed by atoms with Gasteiger partial charge in [-0.2, -0.15) is 5.10 Å². The third-order valence-electron chi connectivity index (χ3n) is 3.87. The van der Waals surface area contributed by atoms with Crippen LogP contribution in [0.3, 0.4) is 0 Å². The molecule has 8 nitrogen and oxygen atoms in total. The molecule has 1 amide bonds. The molecule has 0 radical (unpaired) electrons. The van der Waals surface area contributed by atoms with Crippen LogP contribution in [0.5, 0.6) is 0 Å². The number of aromatic nitrogens is 2. The van der Waals surface area contributed by atoms with Crippen LogP contribution in [-0.4, -0.2) is 72.0 Å². The van der Waals surface area contributed by atoms with Crippen molar-refractivity contribution in [3.8, 4) is 0 Å². The summed E-state index contributed by atoms with van der Waals surface area (Å²) in [5.41, 5.74) is 0.847. The second-order valence-corrected chi connectivity index (χ2v) is 6.35. The Morgan fingerprint density at radius 1 is 1.44 bits per heavy atom. The van der Waals surface area contributed by atoms with Crippen molar-refractivity contribution in [1.29, 1.82) is 0 Å². The van der Waals surface area contributed by atoms with Gasteiger partial charge in [0.1, 0.15) is 6.54 Å². The van der Waals surface area contributed by atoms with Crippen LogP contribution in [0.15, 0.2) is 17.4 Å². The molecule has 1 fully saturated rings. The number of carbonyl (C=O) groups excluding carboxylic acids is 1. The Kier molecular flexibility index (Phi) is 7.24. The first kappa shape index (κ1) is 19.2. The monoisotopic (exact) mass is 350 g/mol. The standard InChI is InChI=1S/C17H30N6O2/c1-5-18-17(19-7-6-10-25-14(2)3)22-8-9-23(16(24)13-22)15-11-20-21(4)12-15/h11-12,14H,5-10,13H2,1-4H3,(H,18,19). The second kappa shape index (κ2) is 9.41. The number of piperazine rings is 1. The number of hydrogen-bond donors (Lipinski definition) is 1. The predicted molar refractivity (Wildman–Crippen MR) is 98.8 cm³/mol. The normalized spacial score (nSPS) is 16.0. The Bertz CT molecular complexity index is 583. The number of amides is 1. The van der Waals surface area contributed by atoms with Crippen LogP contribution in [0.1, 0.15) is 27.2 Å². The van der Waals surface area contributed by atoms with Crippen LogP contribution in [0.25, 0.3) is 0 Å². The lowest BCUT2D eigenvalue weighted by Gasteiger charge is -2.35. The smallest absolute Gasteiger partial charge is 0.246 e. The molecule has 8 heteroatoms. The maximum Gasteiger partial charge on any atom is 0.246 e. The number of ether oxygens (including phenoxy) is 1. The molecule has 1 saturated heterocycles. The fraction of sp³-hybridized carbons (Fsp3) is 0.706. The summed E-state index contributed by atoms with van der Waals surface area (Å²) in [5, 5.41) is 7.42. The van der Waals surface area contributed by atoms with Crippen molar-refractivity contribution in [3.63, 3.8) is 0 Å². The van der Waals surface area contributed by atoms with Crippen LogP contribution in [-0.2, 0) is 16.6 Å². The molecule has 1 N–H and O–H groups in total. The number of anilines is 1. The van der Waals surface area contributed by atoms with Crippen molar-refractivity contribution >= 4 is 17.6 Å². The van der Waals surface area contributed by atoms with Crippen molar-refractivity contribution < 1.29 is 9.53 Å². The maximum atomic E-state index is 12.5. The van der Waals surface area contributed by atoms with Crippen molar-refractivity contribution in [1.82, 2.24) is 20.0 Å². The number of hydrogen-bond acceptors (Lipinski definition) is 4. The number of nitrogens with zero attached hydrogens (tertiary/aromatic N) is 5. The van der Waals surface area contributed by atoms with Gasteiger partial charge in [-0.3, -0.25) is 14.5 Å². The predicted octanol–water partition coefficient (Wildman–Crippen LogP) is 0.849. The molecule has 25 heavy (non-hydrogen) atoms. The van der Waals surface area contributed by atoms with Crippen molar-refractivity contribution in [2.24, 2.45) is 12.0 Å². The third-order valence-corrected chi connectivity index (χ3v) is 3.87. The van der Waals surface area contributed by atoms with Gasteiger partial charge in [0.25, 0.3) is 0 Å². The highest BCUT2D eigenvalue weighted by Gasteiger charge is 2.27. The Morgan fingerprint density at radius 2 is 2.24 bits per heavy atom. The Morgan fingerprint density at radius 3 is 2.84 bits per heavy atom. The van der Waals surface area contributed by atoms with E-state index in [0.717, 1.165) is 31.2 Å². The topological polar surface area (TPSA) is 75.0 Å². The van der Waals surface area contributed by atoms with Gasteiger partial charge in [0.2, 0.25) is 5.91 Å². The van der Waals surface area contributed by atoms with Gasteiger partial charge in [-0.05, 0) is 27.2 Å². The lowest BCUT2D eigenvalue weighted by atomic mass is 10.3.